The fourth-order valence-electron chi connectivity index (χ4n) is 2.32. The molecule has 0 spiro atoms. The van der Waals surface area contributed by atoms with E-state index in [0.29, 0.717) is 24.2 Å². The second kappa shape index (κ2) is 6.93. The predicted molar refractivity (Wildman–Crippen MR) is 78.2 cm³/mol. The molecule has 1 fully saturated rings. The maximum Gasteiger partial charge on any atom is 0.251 e. The van der Waals surface area contributed by atoms with Crippen LogP contribution in [0.3, 0.4) is 0 Å². The SMILES string of the molecule is Nc1ccc(C(=O)NCCC(=O)N2CCCCC2)cc1. The summed E-state index contributed by atoms with van der Waals surface area (Å²) in [6, 6.07) is 6.73. The summed E-state index contributed by atoms with van der Waals surface area (Å²) in [5.41, 5.74) is 6.75. The van der Waals surface area contributed by atoms with Gasteiger partial charge >= 0.3 is 0 Å². The van der Waals surface area contributed by atoms with E-state index in [1.807, 2.05) is 4.90 Å². The zero-order valence-corrected chi connectivity index (χ0v) is 11.6. The molecule has 2 rings (SSSR count). The lowest BCUT2D eigenvalue weighted by molar-refractivity contribution is -0.131. The van der Waals surface area contributed by atoms with Crippen LogP contribution in [0, 0.1) is 0 Å². The number of hydrogen-bond donors (Lipinski definition) is 2. The summed E-state index contributed by atoms with van der Waals surface area (Å²) in [4.78, 5) is 25.6. The van der Waals surface area contributed by atoms with Gasteiger partial charge in [0.2, 0.25) is 5.91 Å². The third kappa shape index (κ3) is 3.98. The quantitative estimate of drug-likeness (QED) is 0.816. The van der Waals surface area contributed by atoms with Gasteiger partial charge in [-0.05, 0) is 43.5 Å². The molecule has 1 aromatic rings. The van der Waals surface area contributed by atoms with Crippen LogP contribution in [-0.4, -0.2) is 36.3 Å². The van der Waals surface area contributed by atoms with Gasteiger partial charge in [0.1, 0.15) is 0 Å². The van der Waals surface area contributed by atoms with Crippen molar-refractivity contribution in [1.82, 2.24) is 10.2 Å². The van der Waals surface area contributed by atoms with Crippen molar-refractivity contribution in [2.75, 3.05) is 25.4 Å². The van der Waals surface area contributed by atoms with E-state index in [4.69, 9.17) is 5.73 Å². The van der Waals surface area contributed by atoms with Crippen molar-refractivity contribution in [1.29, 1.82) is 0 Å². The van der Waals surface area contributed by atoms with Crippen LogP contribution < -0.4 is 11.1 Å². The Kier molecular flexibility index (Phi) is 4.98. The molecule has 1 aliphatic heterocycles. The Hall–Kier alpha value is -2.04. The third-order valence-corrected chi connectivity index (χ3v) is 3.51. The second-order valence-corrected chi connectivity index (χ2v) is 5.07. The Labute approximate surface area is 119 Å². The molecule has 0 saturated carbocycles. The average Bonchev–Trinajstić information content (AvgIpc) is 2.48. The van der Waals surface area contributed by atoms with Crippen molar-refractivity contribution < 1.29 is 9.59 Å². The highest BCUT2D eigenvalue weighted by Gasteiger charge is 2.16. The zero-order chi connectivity index (χ0) is 14.4. The molecule has 20 heavy (non-hydrogen) atoms. The highest BCUT2D eigenvalue weighted by molar-refractivity contribution is 5.94. The number of rotatable bonds is 4. The number of nitrogens with zero attached hydrogens (tertiary/aromatic N) is 1. The summed E-state index contributed by atoms with van der Waals surface area (Å²) < 4.78 is 0. The number of nitrogens with two attached hydrogens (primary N) is 1. The average molecular weight is 275 g/mol. The highest BCUT2D eigenvalue weighted by atomic mass is 16.2. The second-order valence-electron chi connectivity index (χ2n) is 5.07. The monoisotopic (exact) mass is 275 g/mol. The lowest BCUT2D eigenvalue weighted by Crippen LogP contribution is -2.37. The van der Waals surface area contributed by atoms with Crippen LogP contribution in [0.2, 0.25) is 0 Å². The van der Waals surface area contributed by atoms with E-state index < -0.39 is 0 Å². The lowest BCUT2D eigenvalue weighted by Gasteiger charge is -2.26. The minimum absolute atomic E-state index is 0.127. The molecule has 108 valence electrons. The first-order valence-electron chi connectivity index (χ1n) is 7.08. The molecule has 0 radical (unpaired) electrons. The van der Waals surface area contributed by atoms with E-state index in [0.717, 1.165) is 25.9 Å². The Bertz CT molecular complexity index is 465. The Morgan fingerprint density at radius 3 is 2.40 bits per heavy atom. The molecule has 1 heterocycles. The molecular weight excluding hydrogens is 254 g/mol. The van der Waals surface area contributed by atoms with Gasteiger partial charge in [0.05, 0.1) is 0 Å². The van der Waals surface area contributed by atoms with Gasteiger partial charge in [-0.15, -0.1) is 0 Å². The van der Waals surface area contributed by atoms with E-state index in [2.05, 4.69) is 5.32 Å². The van der Waals surface area contributed by atoms with Crippen molar-refractivity contribution in [3.05, 3.63) is 29.8 Å². The number of nitrogen functional groups attached to an aromatic ring is 1. The van der Waals surface area contributed by atoms with Gasteiger partial charge in [-0.2, -0.15) is 0 Å². The van der Waals surface area contributed by atoms with Gasteiger partial charge in [-0.1, -0.05) is 0 Å². The third-order valence-electron chi connectivity index (χ3n) is 3.51. The van der Waals surface area contributed by atoms with E-state index in [1.54, 1.807) is 24.3 Å². The smallest absolute Gasteiger partial charge is 0.251 e. The van der Waals surface area contributed by atoms with Gasteiger partial charge < -0.3 is 16.0 Å². The Morgan fingerprint density at radius 2 is 1.75 bits per heavy atom. The van der Waals surface area contributed by atoms with Crippen LogP contribution in [0.4, 0.5) is 5.69 Å². The standard InChI is InChI=1S/C15H21N3O2/c16-13-6-4-12(5-7-13)15(20)17-9-8-14(19)18-10-2-1-3-11-18/h4-7H,1-3,8-11,16H2,(H,17,20). The van der Waals surface area contributed by atoms with Crippen molar-refractivity contribution in [3.63, 3.8) is 0 Å². The number of hydrogen-bond acceptors (Lipinski definition) is 3. The summed E-state index contributed by atoms with van der Waals surface area (Å²) in [5, 5.41) is 2.76. The number of nitrogens with one attached hydrogen (secondary N) is 1. The van der Waals surface area contributed by atoms with Crippen molar-refractivity contribution in [2.24, 2.45) is 0 Å². The number of likely N-dealkylation sites (tertiary alicyclic amines) is 1. The van der Waals surface area contributed by atoms with Gasteiger partial charge in [0, 0.05) is 37.3 Å². The minimum Gasteiger partial charge on any atom is -0.399 e. The number of amides is 2. The maximum absolute atomic E-state index is 11.9. The van der Waals surface area contributed by atoms with E-state index in [-0.39, 0.29) is 11.8 Å². The number of anilines is 1. The molecule has 5 heteroatoms. The molecule has 5 nitrogen and oxygen atoms in total. The molecule has 1 aliphatic rings. The molecule has 0 atom stereocenters. The normalized spacial score (nSPS) is 14.9. The lowest BCUT2D eigenvalue weighted by atomic mass is 10.1. The van der Waals surface area contributed by atoms with E-state index >= 15 is 0 Å². The van der Waals surface area contributed by atoms with Crippen LogP contribution in [0.25, 0.3) is 0 Å². The summed E-state index contributed by atoms with van der Waals surface area (Å²) in [6.45, 7) is 2.08. The maximum atomic E-state index is 11.9. The first-order chi connectivity index (χ1) is 9.66. The van der Waals surface area contributed by atoms with Crippen molar-refractivity contribution >= 4 is 17.5 Å². The molecule has 1 saturated heterocycles. The first-order valence-corrected chi connectivity index (χ1v) is 7.08. The van der Waals surface area contributed by atoms with Crippen LogP contribution in [0.5, 0.6) is 0 Å². The van der Waals surface area contributed by atoms with E-state index in [9.17, 15) is 9.59 Å². The first kappa shape index (κ1) is 14.4. The largest absolute Gasteiger partial charge is 0.399 e. The topological polar surface area (TPSA) is 75.4 Å². The minimum atomic E-state index is -0.170. The van der Waals surface area contributed by atoms with Crippen LogP contribution in [0.15, 0.2) is 24.3 Å². The molecular formula is C15H21N3O2. The molecule has 0 bridgehead atoms. The molecule has 3 N–H and O–H groups in total. The van der Waals surface area contributed by atoms with Gasteiger partial charge in [0.25, 0.3) is 5.91 Å². The van der Waals surface area contributed by atoms with Crippen LogP contribution in [0.1, 0.15) is 36.0 Å². The van der Waals surface area contributed by atoms with Gasteiger partial charge in [-0.25, -0.2) is 0 Å². The Morgan fingerprint density at radius 1 is 1.10 bits per heavy atom. The van der Waals surface area contributed by atoms with Crippen LogP contribution in [-0.2, 0) is 4.79 Å². The number of carbonyl (C=O) groups is 2. The molecule has 0 aromatic heterocycles. The van der Waals surface area contributed by atoms with Crippen LogP contribution >= 0.6 is 0 Å². The van der Waals surface area contributed by atoms with Gasteiger partial charge in [-0.3, -0.25) is 9.59 Å². The van der Waals surface area contributed by atoms with Crippen molar-refractivity contribution in [2.45, 2.75) is 25.7 Å². The zero-order valence-electron chi connectivity index (χ0n) is 11.6. The van der Waals surface area contributed by atoms with Gasteiger partial charge in [0.15, 0.2) is 0 Å². The highest BCUT2D eigenvalue weighted by Crippen LogP contribution is 2.09. The summed E-state index contributed by atoms with van der Waals surface area (Å²) in [5.74, 6) is -0.0428. The molecule has 1 aromatic carbocycles. The molecule has 2 amide bonds. The molecule has 0 unspecified atom stereocenters. The number of piperidine rings is 1. The fourth-order valence-corrected chi connectivity index (χ4v) is 2.32. The Balaban J connectivity index is 1.73. The summed E-state index contributed by atoms with van der Waals surface area (Å²) >= 11 is 0. The number of carbonyl (C=O) groups excluding carboxylic acids is 2. The number of benzene rings is 1. The predicted octanol–water partition coefficient (Wildman–Crippen LogP) is 1.40. The van der Waals surface area contributed by atoms with Crippen molar-refractivity contribution in [3.8, 4) is 0 Å². The van der Waals surface area contributed by atoms with E-state index in [1.165, 1.54) is 6.42 Å². The summed E-state index contributed by atoms with van der Waals surface area (Å²) in [6.07, 6.45) is 3.74. The summed E-state index contributed by atoms with van der Waals surface area (Å²) in [7, 11) is 0. The molecule has 0 aliphatic carbocycles. The fraction of sp³-hybridized carbons (Fsp3) is 0.467.